The number of benzene rings is 2. The van der Waals surface area contributed by atoms with E-state index in [1.165, 1.54) is 13.2 Å². The third kappa shape index (κ3) is 7.94. The Labute approximate surface area is 214 Å². The van der Waals surface area contributed by atoms with Gasteiger partial charge in [-0.25, -0.2) is 9.18 Å². The monoisotopic (exact) mass is 522 g/mol. The van der Waals surface area contributed by atoms with Crippen LogP contribution in [0.15, 0.2) is 42.5 Å². The molecule has 2 aromatic rings. The van der Waals surface area contributed by atoms with Gasteiger partial charge in [-0.2, -0.15) is 0 Å². The van der Waals surface area contributed by atoms with Crippen LogP contribution in [0.2, 0.25) is 10.0 Å². The SMILES string of the molecule is COC(=O)C(Cc1ccccc1F)NC(=O)CC1CCN(C(=O)CCc2ccc(Cl)c(Cl)c2)CC1. The molecule has 1 unspecified atom stereocenters. The van der Waals surface area contributed by atoms with Crippen LogP contribution in [0, 0.1) is 11.7 Å². The molecule has 0 saturated carbocycles. The van der Waals surface area contributed by atoms with Crippen molar-refractivity contribution >= 4 is 41.0 Å². The molecule has 0 radical (unpaired) electrons. The van der Waals surface area contributed by atoms with E-state index in [4.69, 9.17) is 27.9 Å². The van der Waals surface area contributed by atoms with E-state index in [-0.39, 0.29) is 30.6 Å². The molecule has 1 fully saturated rings. The van der Waals surface area contributed by atoms with Crippen molar-refractivity contribution in [2.45, 2.75) is 44.6 Å². The van der Waals surface area contributed by atoms with E-state index in [0.717, 1.165) is 5.56 Å². The van der Waals surface area contributed by atoms with Gasteiger partial charge in [-0.05, 0) is 54.5 Å². The summed E-state index contributed by atoms with van der Waals surface area (Å²) in [6.45, 7) is 1.15. The van der Waals surface area contributed by atoms with Crippen molar-refractivity contribution in [1.82, 2.24) is 10.2 Å². The Kier molecular flexibility index (Phi) is 9.93. The van der Waals surface area contributed by atoms with Gasteiger partial charge >= 0.3 is 5.97 Å². The zero-order chi connectivity index (χ0) is 25.4. The normalized spacial score (nSPS) is 14.9. The third-order valence-corrected chi connectivity index (χ3v) is 6.99. The van der Waals surface area contributed by atoms with Crippen molar-refractivity contribution in [2.75, 3.05) is 20.2 Å². The number of hydrogen-bond acceptors (Lipinski definition) is 4. The Morgan fingerprint density at radius 1 is 1.11 bits per heavy atom. The highest BCUT2D eigenvalue weighted by molar-refractivity contribution is 6.42. The number of aryl methyl sites for hydroxylation is 1. The molecule has 1 saturated heterocycles. The van der Waals surface area contributed by atoms with Crippen LogP contribution in [0.3, 0.4) is 0 Å². The van der Waals surface area contributed by atoms with Crippen molar-refractivity contribution in [3.8, 4) is 0 Å². The van der Waals surface area contributed by atoms with E-state index in [1.54, 1.807) is 30.3 Å². The van der Waals surface area contributed by atoms with Crippen molar-refractivity contribution < 1.29 is 23.5 Å². The molecule has 1 aliphatic rings. The Balaban J connectivity index is 1.45. The molecule has 1 N–H and O–H groups in total. The quantitative estimate of drug-likeness (QED) is 0.488. The average Bonchev–Trinajstić information content (AvgIpc) is 2.85. The first-order valence-corrected chi connectivity index (χ1v) is 12.3. The number of carbonyl (C=O) groups excluding carboxylic acids is 3. The van der Waals surface area contributed by atoms with Gasteiger partial charge in [0.2, 0.25) is 11.8 Å². The number of methoxy groups -OCH3 is 1. The molecular weight excluding hydrogens is 494 g/mol. The first kappa shape index (κ1) is 27.0. The van der Waals surface area contributed by atoms with E-state index in [1.807, 2.05) is 11.0 Å². The van der Waals surface area contributed by atoms with Crippen molar-refractivity contribution in [3.05, 3.63) is 69.5 Å². The van der Waals surface area contributed by atoms with Gasteiger partial charge in [-0.3, -0.25) is 9.59 Å². The van der Waals surface area contributed by atoms with Crippen molar-refractivity contribution in [2.24, 2.45) is 5.92 Å². The molecule has 0 aromatic heterocycles. The van der Waals surface area contributed by atoms with Gasteiger partial charge in [0.05, 0.1) is 17.2 Å². The van der Waals surface area contributed by atoms with Crippen LogP contribution < -0.4 is 5.32 Å². The second kappa shape index (κ2) is 12.9. The molecular formula is C26H29Cl2FN2O4. The Morgan fingerprint density at radius 2 is 1.83 bits per heavy atom. The molecule has 9 heteroatoms. The zero-order valence-corrected chi connectivity index (χ0v) is 21.1. The number of esters is 1. The molecule has 1 heterocycles. The summed E-state index contributed by atoms with van der Waals surface area (Å²) in [6, 6.07) is 10.5. The van der Waals surface area contributed by atoms with E-state index >= 15 is 0 Å². The van der Waals surface area contributed by atoms with Crippen LogP contribution in [-0.2, 0) is 32.0 Å². The molecule has 1 atom stereocenters. The molecule has 2 amide bonds. The second-order valence-electron chi connectivity index (χ2n) is 8.72. The van der Waals surface area contributed by atoms with Gasteiger partial charge < -0.3 is 15.0 Å². The highest BCUT2D eigenvalue weighted by Gasteiger charge is 2.27. The van der Waals surface area contributed by atoms with E-state index in [2.05, 4.69) is 5.32 Å². The predicted octanol–water partition coefficient (Wildman–Crippen LogP) is 4.59. The van der Waals surface area contributed by atoms with Gasteiger partial charge in [0.25, 0.3) is 0 Å². The minimum atomic E-state index is -0.965. The van der Waals surface area contributed by atoms with Gasteiger partial charge in [-0.1, -0.05) is 47.5 Å². The molecule has 2 aromatic carbocycles. The molecule has 0 spiro atoms. The molecule has 188 valence electrons. The number of likely N-dealkylation sites (tertiary alicyclic amines) is 1. The molecule has 0 bridgehead atoms. The van der Waals surface area contributed by atoms with Crippen LogP contribution in [0.4, 0.5) is 4.39 Å². The van der Waals surface area contributed by atoms with E-state index < -0.39 is 17.8 Å². The molecule has 3 rings (SSSR count). The number of carbonyl (C=O) groups is 3. The number of nitrogens with one attached hydrogen (secondary N) is 1. The van der Waals surface area contributed by atoms with Gasteiger partial charge in [0, 0.05) is 32.4 Å². The van der Waals surface area contributed by atoms with Crippen LogP contribution in [0.25, 0.3) is 0 Å². The minimum absolute atomic E-state index is 0.0108. The summed E-state index contributed by atoms with van der Waals surface area (Å²) in [5, 5.41) is 3.65. The topological polar surface area (TPSA) is 75.7 Å². The standard InChI is InChI=1S/C26H29Cl2FN2O4/c1-35-26(34)23(16-19-4-2-3-5-22(19)29)30-24(32)15-18-10-12-31(13-11-18)25(33)9-7-17-6-8-20(27)21(28)14-17/h2-6,8,14,18,23H,7,9-13,15-16H2,1H3,(H,30,32). The lowest BCUT2D eigenvalue weighted by Crippen LogP contribution is -2.45. The molecule has 35 heavy (non-hydrogen) atoms. The number of rotatable bonds is 9. The third-order valence-electron chi connectivity index (χ3n) is 6.26. The lowest BCUT2D eigenvalue weighted by Gasteiger charge is -2.32. The Hall–Kier alpha value is -2.64. The fraction of sp³-hybridized carbons (Fsp3) is 0.423. The summed E-state index contributed by atoms with van der Waals surface area (Å²) in [4.78, 5) is 39.2. The van der Waals surface area contributed by atoms with Crippen molar-refractivity contribution in [3.63, 3.8) is 0 Å². The number of nitrogens with zero attached hydrogens (tertiary/aromatic N) is 1. The van der Waals surface area contributed by atoms with Crippen LogP contribution >= 0.6 is 23.2 Å². The fourth-order valence-corrected chi connectivity index (χ4v) is 4.55. The lowest BCUT2D eigenvalue weighted by molar-refractivity contribution is -0.145. The number of amides is 2. The number of piperidine rings is 1. The molecule has 1 aliphatic heterocycles. The summed E-state index contributed by atoms with van der Waals surface area (Å²) in [5.41, 5.74) is 1.28. The van der Waals surface area contributed by atoms with Gasteiger partial charge in [0.1, 0.15) is 11.9 Å². The van der Waals surface area contributed by atoms with Gasteiger partial charge in [0.15, 0.2) is 0 Å². The number of halogens is 3. The van der Waals surface area contributed by atoms with E-state index in [0.29, 0.717) is 54.4 Å². The second-order valence-corrected chi connectivity index (χ2v) is 9.53. The summed E-state index contributed by atoms with van der Waals surface area (Å²) in [5.74, 6) is -1.19. The van der Waals surface area contributed by atoms with Crippen molar-refractivity contribution in [1.29, 1.82) is 0 Å². The maximum Gasteiger partial charge on any atom is 0.328 e. The Morgan fingerprint density at radius 3 is 2.49 bits per heavy atom. The lowest BCUT2D eigenvalue weighted by atomic mass is 9.92. The summed E-state index contributed by atoms with van der Waals surface area (Å²) < 4.78 is 18.8. The summed E-state index contributed by atoms with van der Waals surface area (Å²) in [6.07, 6.45) is 2.59. The van der Waals surface area contributed by atoms with Crippen LogP contribution in [0.5, 0.6) is 0 Å². The number of hydrogen-bond donors (Lipinski definition) is 1. The highest BCUT2D eigenvalue weighted by atomic mass is 35.5. The zero-order valence-electron chi connectivity index (χ0n) is 19.6. The molecule has 6 nitrogen and oxygen atoms in total. The molecule has 0 aliphatic carbocycles. The number of ether oxygens (including phenoxy) is 1. The largest absolute Gasteiger partial charge is 0.467 e. The van der Waals surface area contributed by atoms with Gasteiger partial charge in [-0.15, -0.1) is 0 Å². The first-order valence-electron chi connectivity index (χ1n) is 11.6. The predicted molar refractivity (Wildman–Crippen MR) is 133 cm³/mol. The maximum absolute atomic E-state index is 14.0. The fourth-order valence-electron chi connectivity index (χ4n) is 4.23. The smallest absolute Gasteiger partial charge is 0.328 e. The van der Waals surface area contributed by atoms with Crippen LogP contribution in [-0.4, -0.2) is 48.9 Å². The highest BCUT2D eigenvalue weighted by Crippen LogP contribution is 2.24. The van der Waals surface area contributed by atoms with Crippen LogP contribution in [0.1, 0.15) is 36.8 Å². The van der Waals surface area contributed by atoms with E-state index in [9.17, 15) is 18.8 Å². The summed E-state index contributed by atoms with van der Waals surface area (Å²) >= 11 is 12.0. The Bertz CT molecular complexity index is 1060. The maximum atomic E-state index is 14.0. The first-order chi connectivity index (χ1) is 16.8. The minimum Gasteiger partial charge on any atom is -0.467 e. The average molecular weight is 523 g/mol. The summed E-state index contributed by atoms with van der Waals surface area (Å²) in [7, 11) is 1.23.